The van der Waals surface area contributed by atoms with E-state index in [2.05, 4.69) is 5.32 Å². The minimum absolute atomic E-state index is 0.0263. The van der Waals surface area contributed by atoms with Crippen LogP contribution >= 0.6 is 0 Å². The van der Waals surface area contributed by atoms with Crippen LogP contribution in [0.5, 0.6) is 0 Å². The number of carboxylic acid groups (broad SMARTS) is 1. The van der Waals surface area contributed by atoms with Gasteiger partial charge < -0.3 is 20.1 Å². The first-order valence-corrected chi connectivity index (χ1v) is 7.36. The third-order valence-electron chi connectivity index (χ3n) is 3.73. The molecule has 2 atom stereocenters. The van der Waals surface area contributed by atoms with Gasteiger partial charge in [0.2, 0.25) is 0 Å². The van der Waals surface area contributed by atoms with Crippen molar-refractivity contribution in [3.05, 3.63) is 0 Å². The summed E-state index contributed by atoms with van der Waals surface area (Å²) in [6, 6.07) is -0.263. The molecule has 1 saturated heterocycles. The number of nitrogens with zero attached hydrogens (tertiary/aromatic N) is 1. The van der Waals surface area contributed by atoms with Gasteiger partial charge in [0.15, 0.2) is 0 Å². The van der Waals surface area contributed by atoms with Gasteiger partial charge in [-0.25, -0.2) is 4.79 Å². The summed E-state index contributed by atoms with van der Waals surface area (Å²) in [5.74, 6) is -0.179. The maximum absolute atomic E-state index is 12.3. The average molecular weight is 284 g/mol. The highest BCUT2D eigenvalue weighted by Crippen LogP contribution is 2.38. The molecule has 6 nitrogen and oxygen atoms in total. The summed E-state index contributed by atoms with van der Waals surface area (Å²) in [6.07, 6.45) is 3.27. The van der Waals surface area contributed by atoms with Crippen molar-refractivity contribution < 1.29 is 19.4 Å². The number of nitrogens with one attached hydrogen (secondary N) is 1. The molecule has 2 aliphatic rings. The summed E-state index contributed by atoms with van der Waals surface area (Å²) < 4.78 is 5.68. The van der Waals surface area contributed by atoms with Crippen molar-refractivity contribution in [3.8, 4) is 0 Å². The lowest BCUT2D eigenvalue weighted by atomic mass is 10.1. The fourth-order valence-corrected chi connectivity index (χ4v) is 2.73. The van der Waals surface area contributed by atoms with Crippen molar-refractivity contribution in [2.24, 2.45) is 11.8 Å². The topological polar surface area (TPSA) is 78.9 Å². The maximum atomic E-state index is 12.3. The Kier molecular flexibility index (Phi) is 4.86. The molecule has 2 unspecified atom stereocenters. The van der Waals surface area contributed by atoms with E-state index in [4.69, 9.17) is 9.84 Å². The third-order valence-corrected chi connectivity index (χ3v) is 3.73. The molecule has 1 aliphatic heterocycles. The van der Waals surface area contributed by atoms with Crippen LogP contribution in [-0.4, -0.2) is 53.8 Å². The molecule has 0 aromatic carbocycles. The summed E-state index contributed by atoms with van der Waals surface area (Å²) in [6.45, 7) is 4.79. The quantitative estimate of drug-likeness (QED) is 0.770. The van der Waals surface area contributed by atoms with Gasteiger partial charge in [0.1, 0.15) is 6.54 Å². The van der Waals surface area contributed by atoms with Crippen LogP contribution in [0.3, 0.4) is 0 Å². The number of rotatable bonds is 6. The Morgan fingerprint density at radius 1 is 1.35 bits per heavy atom. The van der Waals surface area contributed by atoms with Crippen molar-refractivity contribution in [1.29, 1.82) is 0 Å². The van der Waals surface area contributed by atoms with Crippen molar-refractivity contribution in [3.63, 3.8) is 0 Å². The average Bonchev–Trinajstić information content (AvgIpc) is 3.08. The Morgan fingerprint density at radius 2 is 2.05 bits per heavy atom. The van der Waals surface area contributed by atoms with Crippen molar-refractivity contribution in [2.75, 3.05) is 19.7 Å². The van der Waals surface area contributed by atoms with Crippen LogP contribution < -0.4 is 5.32 Å². The van der Waals surface area contributed by atoms with Gasteiger partial charge in [0.25, 0.3) is 0 Å². The zero-order valence-corrected chi connectivity index (χ0v) is 12.2. The van der Waals surface area contributed by atoms with E-state index in [0.717, 1.165) is 6.42 Å². The number of carboxylic acids is 1. The minimum atomic E-state index is -0.984. The predicted molar refractivity (Wildman–Crippen MR) is 73.4 cm³/mol. The lowest BCUT2D eigenvalue weighted by Gasteiger charge is -2.27. The molecule has 0 radical (unpaired) electrons. The van der Waals surface area contributed by atoms with E-state index in [0.29, 0.717) is 19.1 Å². The van der Waals surface area contributed by atoms with E-state index in [9.17, 15) is 9.59 Å². The largest absolute Gasteiger partial charge is 0.480 e. The fourth-order valence-electron chi connectivity index (χ4n) is 2.73. The van der Waals surface area contributed by atoms with Crippen molar-refractivity contribution in [1.82, 2.24) is 10.2 Å². The fraction of sp³-hybridized carbons (Fsp3) is 0.857. The summed E-state index contributed by atoms with van der Waals surface area (Å²) in [4.78, 5) is 24.5. The van der Waals surface area contributed by atoms with Gasteiger partial charge in [-0.1, -0.05) is 13.8 Å². The van der Waals surface area contributed by atoms with Crippen LogP contribution in [0, 0.1) is 11.8 Å². The highest BCUT2D eigenvalue weighted by Gasteiger charge is 2.41. The van der Waals surface area contributed by atoms with Gasteiger partial charge >= 0.3 is 12.0 Å². The lowest BCUT2D eigenvalue weighted by molar-refractivity contribution is -0.137. The zero-order valence-electron chi connectivity index (χ0n) is 12.2. The molecule has 2 N–H and O–H groups in total. The second-order valence-electron chi connectivity index (χ2n) is 6.19. The lowest BCUT2D eigenvalue weighted by Crippen LogP contribution is -2.50. The number of hydrogen-bond acceptors (Lipinski definition) is 3. The van der Waals surface area contributed by atoms with E-state index in [1.807, 2.05) is 13.8 Å². The predicted octanol–water partition coefficient (Wildman–Crippen LogP) is 1.31. The number of carbonyl (C=O) groups is 2. The summed E-state index contributed by atoms with van der Waals surface area (Å²) >= 11 is 0. The molecule has 2 rings (SSSR count). The third kappa shape index (κ3) is 4.10. The molecular formula is C14H24N2O4. The molecule has 1 heterocycles. The molecule has 0 bridgehead atoms. The Labute approximate surface area is 119 Å². The van der Waals surface area contributed by atoms with Crippen LogP contribution in [-0.2, 0) is 9.53 Å². The smallest absolute Gasteiger partial charge is 0.323 e. The minimum Gasteiger partial charge on any atom is -0.480 e. The first-order chi connectivity index (χ1) is 9.47. The molecular weight excluding hydrogens is 260 g/mol. The molecule has 1 aliphatic carbocycles. The van der Waals surface area contributed by atoms with Crippen LogP contribution in [0.2, 0.25) is 0 Å². The maximum Gasteiger partial charge on any atom is 0.323 e. The van der Waals surface area contributed by atoms with E-state index in [1.165, 1.54) is 17.7 Å². The first-order valence-electron chi connectivity index (χ1n) is 7.36. The van der Waals surface area contributed by atoms with Crippen molar-refractivity contribution in [2.45, 2.75) is 45.3 Å². The van der Waals surface area contributed by atoms with Crippen molar-refractivity contribution >= 4 is 12.0 Å². The van der Waals surface area contributed by atoms with Crippen LogP contribution in [0.25, 0.3) is 0 Å². The van der Waals surface area contributed by atoms with Gasteiger partial charge in [0, 0.05) is 13.2 Å². The highest BCUT2D eigenvalue weighted by atomic mass is 16.5. The molecule has 0 aromatic rings. The van der Waals surface area contributed by atoms with Gasteiger partial charge in [0.05, 0.1) is 12.1 Å². The van der Waals surface area contributed by atoms with Gasteiger partial charge in [-0.3, -0.25) is 4.79 Å². The Hall–Kier alpha value is -1.30. The number of carbonyl (C=O) groups excluding carboxylic acids is 1. The Morgan fingerprint density at radius 3 is 2.60 bits per heavy atom. The van der Waals surface area contributed by atoms with E-state index >= 15 is 0 Å². The van der Waals surface area contributed by atoms with E-state index in [1.54, 1.807) is 0 Å². The van der Waals surface area contributed by atoms with E-state index in [-0.39, 0.29) is 30.6 Å². The number of urea groups is 1. The SMILES string of the molecule is CC(C)CN(CC(=O)O)C(=O)NC1CCOC1C1CC1. The molecule has 0 spiro atoms. The standard InChI is InChI=1S/C14H24N2O4/c1-9(2)7-16(8-12(17)18)14(19)15-11-5-6-20-13(11)10-3-4-10/h9-11,13H,3-8H2,1-2H3,(H,15,19)(H,17,18). The normalized spacial score (nSPS) is 25.8. The van der Waals surface area contributed by atoms with Gasteiger partial charge in [-0.15, -0.1) is 0 Å². The molecule has 2 amide bonds. The molecule has 1 saturated carbocycles. The van der Waals surface area contributed by atoms with E-state index < -0.39 is 5.97 Å². The van der Waals surface area contributed by atoms with Crippen LogP contribution in [0.1, 0.15) is 33.1 Å². The monoisotopic (exact) mass is 284 g/mol. The second kappa shape index (κ2) is 6.43. The molecule has 20 heavy (non-hydrogen) atoms. The summed E-state index contributed by atoms with van der Waals surface area (Å²) in [5, 5.41) is 11.9. The first kappa shape index (κ1) is 15.1. The molecule has 2 fully saturated rings. The Balaban J connectivity index is 1.90. The number of amides is 2. The van der Waals surface area contributed by atoms with Gasteiger partial charge in [-0.05, 0) is 31.1 Å². The summed E-state index contributed by atoms with van der Waals surface area (Å²) in [7, 11) is 0. The highest BCUT2D eigenvalue weighted by molar-refractivity contribution is 5.80. The Bertz CT molecular complexity index is 368. The van der Waals surface area contributed by atoms with Crippen LogP contribution in [0.15, 0.2) is 0 Å². The zero-order chi connectivity index (χ0) is 14.7. The van der Waals surface area contributed by atoms with Gasteiger partial charge in [-0.2, -0.15) is 0 Å². The molecule has 0 aromatic heterocycles. The number of aliphatic carboxylic acids is 1. The second-order valence-corrected chi connectivity index (χ2v) is 6.19. The van der Waals surface area contributed by atoms with Crippen LogP contribution in [0.4, 0.5) is 4.79 Å². The number of ether oxygens (including phenoxy) is 1. The molecule has 6 heteroatoms. The number of hydrogen-bond donors (Lipinski definition) is 2. The molecule has 114 valence electrons. The summed E-state index contributed by atoms with van der Waals surface area (Å²) in [5.41, 5.74) is 0.